The van der Waals surface area contributed by atoms with Crippen molar-refractivity contribution in [1.82, 2.24) is 10.8 Å². The smallest absolute Gasteiger partial charge is 0.259 e. The van der Waals surface area contributed by atoms with Crippen molar-refractivity contribution < 1.29 is 23.7 Å². The van der Waals surface area contributed by atoms with E-state index >= 15 is 0 Å². The summed E-state index contributed by atoms with van der Waals surface area (Å²) in [6.45, 7) is 2.32. The van der Waals surface area contributed by atoms with Crippen molar-refractivity contribution in [3.8, 4) is 17.6 Å². The minimum absolute atomic E-state index is 0.0791. The highest BCUT2D eigenvalue weighted by atomic mass is 32.2. The highest BCUT2D eigenvalue weighted by Gasteiger charge is 2.25. The number of carbonyl (C=O) groups is 2. The van der Waals surface area contributed by atoms with Gasteiger partial charge in [-0.05, 0) is 50.5 Å². The Hall–Kier alpha value is -2.41. The van der Waals surface area contributed by atoms with Crippen LogP contribution in [0.4, 0.5) is 0 Å². The second-order valence-corrected chi connectivity index (χ2v) is 7.13. The Balaban J connectivity index is 2.64. The highest BCUT2D eigenvalue weighted by Crippen LogP contribution is 2.20. The van der Waals surface area contributed by atoms with E-state index in [4.69, 9.17) is 15.7 Å². The van der Waals surface area contributed by atoms with Crippen molar-refractivity contribution in [2.75, 3.05) is 19.7 Å². The van der Waals surface area contributed by atoms with E-state index in [0.717, 1.165) is 0 Å². The Morgan fingerprint density at radius 1 is 1.30 bits per heavy atom. The topological polar surface area (TPSA) is 131 Å². The predicted molar refractivity (Wildman–Crippen MR) is 101 cm³/mol. The molecule has 2 atom stereocenters. The lowest BCUT2D eigenvalue weighted by molar-refractivity contribution is -0.128. The third kappa shape index (κ3) is 8.21. The van der Waals surface area contributed by atoms with Gasteiger partial charge in [-0.15, -0.1) is 5.92 Å². The zero-order valence-electron chi connectivity index (χ0n) is 15.2. The summed E-state index contributed by atoms with van der Waals surface area (Å²) in [7, 11) is -1.65. The normalized spacial score (nSPS) is 12.3. The SMILES string of the molecule is CC#CCOc1ccc(S(=O)C(CCCCNC(=O)CN)C(=O)NO)cc1. The first-order chi connectivity index (χ1) is 13.0. The molecule has 27 heavy (non-hydrogen) atoms. The summed E-state index contributed by atoms with van der Waals surface area (Å²) in [6.07, 6.45) is 1.44. The lowest BCUT2D eigenvalue weighted by Gasteiger charge is -2.15. The standard InChI is InChI=1S/C18H25N3O5S/c1-2-3-12-26-14-7-9-15(10-8-14)27(25)16(18(23)21-24)6-4-5-11-20-17(22)13-19/h7-10,16,24H,4-6,11-13,19H2,1H3,(H,20,22)(H,21,23). The third-order valence-corrected chi connectivity index (χ3v) is 5.31. The zero-order chi connectivity index (χ0) is 20.1. The number of ether oxygens (including phenoxy) is 1. The maximum atomic E-state index is 12.7. The second-order valence-electron chi connectivity index (χ2n) is 5.50. The number of hydrogen-bond donors (Lipinski definition) is 4. The molecule has 1 rings (SSSR count). The number of nitrogens with two attached hydrogens (primary N) is 1. The lowest BCUT2D eigenvalue weighted by atomic mass is 10.2. The maximum absolute atomic E-state index is 12.7. The van der Waals surface area contributed by atoms with Crippen molar-refractivity contribution >= 4 is 22.6 Å². The molecule has 148 valence electrons. The minimum Gasteiger partial charge on any atom is -0.481 e. The van der Waals surface area contributed by atoms with Crippen molar-refractivity contribution in [3.63, 3.8) is 0 Å². The van der Waals surface area contributed by atoms with Gasteiger partial charge in [0.05, 0.1) is 17.3 Å². The van der Waals surface area contributed by atoms with Gasteiger partial charge >= 0.3 is 0 Å². The van der Waals surface area contributed by atoms with E-state index < -0.39 is 22.0 Å². The average molecular weight is 395 g/mol. The van der Waals surface area contributed by atoms with E-state index in [-0.39, 0.29) is 19.1 Å². The lowest BCUT2D eigenvalue weighted by Crippen LogP contribution is -2.36. The molecule has 0 aromatic heterocycles. The fraction of sp³-hybridized carbons (Fsp3) is 0.444. The molecule has 0 spiro atoms. The fourth-order valence-corrected chi connectivity index (χ4v) is 3.55. The molecule has 1 aromatic carbocycles. The van der Waals surface area contributed by atoms with Crippen LogP contribution >= 0.6 is 0 Å². The van der Waals surface area contributed by atoms with Crippen molar-refractivity contribution in [2.24, 2.45) is 5.73 Å². The Labute approximate surface area is 161 Å². The molecule has 0 aliphatic carbocycles. The quantitative estimate of drug-likeness (QED) is 0.185. The van der Waals surface area contributed by atoms with Crippen molar-refractivity contribution in [1.29, 1.82) is 0 Å². The molecule has 9 heteroatoms. The number of hydrogen-bond acceptors (Lipinski definition) is 6. The van der Waals surface area contributed by atoms with E-state index in [9.17, 15) is 13.8 Å². The van der Waals surface area contributed by atoms with E-state index in [1.165, 1.54) is 0 Å². The van der Waals surface area contributed by atoms with Crippen LogP contribution in [0.1, 0.15) is 26.2 Å². The average Bonchev–Trinajstić information content (AvgIpc) is 2.70. The number of unbranched alkanes of at least 4 members (excludes halogenated alkanes) is 1. The Morgan fingerprint density at radius 3 is 2.59 bits per heavy atom. The van der Waals surface area contributed by atoms with Crippen LogP contribution in [-0.4, -0.2) is 46.2 Å². The first kappa shape index (κ1) is 22.6. The van der Waals surface area contributed by atoms with Crippen LogP contribution < -0.4 is 21.3 Å². The molecule has 0 fully saturated rings. The molecule has 8 nitrogen and oxygen atoms in total. The molecule has 0 radical (unpaired) electrons. The molecule has 2 unspecified atom stereocenters. The second kappa shape index (κ2) is 12.9. The van der Waals surface area contributed by atoms with Crippen LogP contribution in [0.3, 0.4) is 0 Å². The third-order valence-electron chi connectivity index (χ3n) is 3.61. The fourth-order valence-electron chi connectivity index (χ4n) is 2.19. The van der Waals surface area contributed by atoms with Crippen molar-refractivity contribution in [2.45, 2.75) is 36.3 Å². The van der Waals surface area contributed by atoms with Gasteiger partial charge in [-0.25, -0.2) is 5.48 Å². The monoisotopic (exact) mass is 395 g/mol. The first-order valence-corrected chi connectivity index (χ1v) is 9.68. The molecule has 0 bridgehead atoms. The van der Waals surface area contributed by atoms with Crippen LogP contribution in [-0.2, 0) is 20.4 Å². The van der Waals surface area contributed by atoms with E-state index in [1.54, 1.807) is 36.7 Å². The molecule has 0 heterocycles. The molecule has 5 N–H and O–H groups in total. The molecule has 0 aliphatic rings. The molecule has 2 amide bonds. The highest BCUT2D eigenvalue weighted by molar-refractivity contribution is 7.86. The number of nitrogens with one attached hydrogen (secondary N) is 2. The summed E-state index contributed by atoms with van der Waals surface area (Å²) in [5.41, 5.74) is 6.76. The van der Waals surface area contributed by atoms with Gasteiger partial charge in [0.25, 0.3) is 5.91 Å². The maximum Gasteiger partial charge on any atom is 0.259 e. The summed E-state index contributed by atoms with van der Waals surface area (Å²) in [5.74, 6) is 5.11. The van der Waals surface area contributed by atoms with Crippen LogP contribution in [0.2, 0.25) is 0 Å². The van der Waals surface area contributed by atoms with E-state index in [1.807, 2.05) is 0 Å². The zero-order valence-corrected chi connectivity index (χ0v) is 16.0. The molecular formula is C18H25N3O5S. The molecule has 0 saturated heterocycles. The first-order valence-electron chi connectivity index (χ1n) is 8.47. The number of hydroxylamine groups is 1. The van der Waals surface area contributed by atoms with Crippen molar-refractivity contribution in [3.05, 3.63) is 24.3 Å². The summed E-state index contributed by atoms with van der Waals surface area (Å²) < 4.78 is 18.1. The molecule has 0 aliphatic heterocycles. The number of amides is 2. The summed E-state index contributed by atoms with van der Waals surface area (Å²) in [6, 6.07) is 6.54. The molecule has 1 aromatic rings. The Kier molecular flexibility index (Phi) is 10.8. The van der Waals surface area contributed by atoms with Crippen LogP contribution in [0.5, 0.6) is 5.75 Å². The predicted octanol–water partition coefficient (Wildman–Crippen LogP) is 0.316. The largest absolute Gasteiger partial charge is 0.481 e. The van der Waals surface area contributed by atoms with E-state index in [2.05, 4.69) is 17.2 Å². The van der Waals surface area contributed by atoms with Gasteiger partial charge in [-0.3, -0.25) is 19.0 Å². The van der Waals surface area contributed by atoms with Crippen LogP contribution in [0.15, 0.2) is 29.2 Å². The summed E-state index contributed by atoms with van der Waals surface area (Å²) in [4.78, 5) is 23.4. The number of benzene rings is 1. The van der Waals surface area contributed by atoms with Gasteiger partial charge in [0.1, 0.15) is 17.6 Å². The Morgan fingerprint density at radius 2 is 2.00 bits per heavy atom. The Bertz CT molecular complexity index is 697. The van der Waals surface area contributed by atoms with Gasteiger partial charge in [-0.1, -0.05) is 5.92 Å². The summed E-state index contributed by atoms with van der Waals surface area (Å²) in [5, 5.41) is 10.7. The van der Waals surface area contributed by atoms with Gasteiger partial charge in [0.2, 0.25) is 5.91 Å². The van der Waals surface area contributed by atoms with Gasteiger partial charge in [-0.2, -0.15) is 0 Å². The molecule has 0 saturated carbocycles. The van der Waals surface area contributed by atoms with Gasteiger partial charge in [0.15, 0.2) is 0 Å². The van der Waals surface area contributed by atoms with Crippen LogP contribution in [0.25, 0.3) is 0 Å². The number of rotatable bonds is 11. The van der Waals surface area contributed by atoms with E-state index in [0.29, 0.717) is 36.5 Å². The minimum atomic E-state index is -1.65. The number of carbonyl (C=O) groups excluding carboxylic acids is 2. The van der Waals surface area contributed by atoms with Gasteiger partial charge in [0, 0.05) is 11.4 Å². The molecular weight excluding hydrogens is 370 g/mol. The summed E-state index contributed by atoms with van der Waals surface area (Å²) >= 11 is 0. The van der Waals surface area contributed by atoms with Gasteiger partial charge < -0.3 is 15.8 Å². The van der Waals surface area contributed by atoms with Crippen LogP contribution in [0, 0.1) is 11.8 Å².